The molecule has 0 rings (SSSR count). The van der Waals surface area contributed by atoms with E-state index < -0.39 is 31.3 Å². The number of phosphoric acid groups is 4. The van der Waals surface area contributed by atoms with Gasteiger partial charge in [-0.15, -0.1) is 9.35 Å². The maximum absolute atomic E-state index is 10.7. The molecule has 14 nitrogen and oxygen atoms in total. The molecule has 0 aromatic rings. The fourth-order valence-corrected chi connectivity index (χ4v) is 3.42. The van der Waals surface area contributed by atoms with Crippen LogP contribution < -0.4 is 236 Å². The molecule has 0 saturated carbocycles. The first-order valence-electron chi connectivity index (χ1n) is 3.19. The van der Waals surface area contributed by atoms with Gasteiger partial charge in [-0.3, -0.25) is 0 Å². The quantitative estimate of drug-likeness (QED) is 0.0755. The van der Waals surface area contributed by atoms with Crippen molar-refractivity contribution in [2.75, 3.05) is 0 Å². The Balaban J connectivity index is -0.0000000120. The van der Waals surface area contributed by atoms with E-state index >= 15 is 0 Å². The smallest absolute Gasteiger partial charge is 1.00 e. The van der Waals surface area contributed by atoms with E-state index in [9.17, 15) is 18.3 Å². The molecule has 6 N–H and O–H groups in total. The summed E-state index contributed by atoms with van der Waals surface area (Å²) in [5, 5.41) is 0. The molecular weight excluding hydrogens is 532 g/mol. The predicted molar refractivity (Wildman–Crippen MR) is 57.0 cm³/mol. The summed E-state index contributed by atoms with van der Waals surface area (Å²) in [6.07, 6.45) is 0. The topological polar surface area (TPSA) is 227 Å². The first kappa shape index (κ1) is 59.6. The van der Waals surface area contributed by atoms with Gasteiger partial charge in [-0.25, -0.2) is 18.3 Å². The van der Waals surface area contributed by atoms with Crippen molar-refractivity contribution in [2.45, 2.75) is 0 Å². The van der Waals surface area contributed by atoms with E-state index in [0.717, 1.165) is 0 Å². The molecule has 0 bridgehead atoms. The van der Waals surface area contributed by atoms with E-state index in [4.69, 9.17) is 29.4 Å². The molecular formula is H14Na8O14P4. The summed E-state index contributed by atoms with van der Waals surface area (Å²) in [5.74, 6) is 0. The van der Waals surface area contributed by atoms with Crippen molar-refractivity contribution < 1.29 is 313 Å². The van der Waals surface area contributed by atoms with Gasteiger partial charge in [-0.1, -0.05) is 0 Å². The van der Waals surface area contributed by atoms with Crippen LogP contribution in [0.4, 0.5) is 0 Å². The third-order valence-electron chi connectivity index (χ3n) is 0.641. The molecule has 0 aliphatic rings. The van der Waals surface area contributed by atoms with Crippen molar-refractivity contribution in [3.05, 3.63) is 0 Å². The summed E-state index contributed by atoms with van der Waals surface area (Å²) in [5.41, 5.74) is 0. The molecule has 0 saturated heterocycles. The minimum absolute atomic E-state index is 0. The van der Waals surface area contributed by atoms with Crippen LogP contribution in [0, 0.1) is 0 Å². The molecule has 0 radical (unpaired) electrons. The van der Waals surface area contributed by atoms with Gasteiger partial charge in [0.05, 0.1) is 0 Å². The zero-order valence-electron chi connectivity index (χ0n) is 23.7. The predicted octanol–water partition coefficient (Wildman–Crippen LogP) is -23.7. The summed E-state index contributed by atoms with van der Waals surface area (Å²) < 4.78 is 54.0. The van der Waals surface area contributed by atoms with Crippen molar-refractivity contribution in [1.29, 1.82) is 0 Å². The Morgan fingerprint density at radius 1 is 0.462 bits per heavy atom. The van der Waals surface area contributed by atoms with Crippen LogP contribution >= 0.6 is 31.3 Å². The van der Waals surface area contributed by atoms with Gasteiger partial charge in [0, 0.05) is 0 Å². The van der Waals surface area contributed by atoms with E-state index in [1.807, 2.05) is 0 Å². The molecule has 0 fully saturated rings. The van der Waals surface area contributed by atoms with Crippen LogP contribution in [0.2, 0.25) is 0 Å². The second-order valence-corrected chi connectivity index (χ2v) is 7.67. The Morgan fingerprint density at radius 2 is 0.615 bits per heavy atom. The second kappa shape index (κ2) is 26.6. The molecule has 0 heterocycles. The van der Waals surface area contributed by atoms with Crippen LogP contribution in [0.5, 0.6) is 0 Å². The van der Waals surface area contributed by atoms with Gasteiger partial charge in [0.1, 0.15) is 0 Å². The summed E-state index contributed by atoms with van der Waals surface area (Å²) in [6, 6.07) is 0. The van der Waals surface area contributed by atoms with E-state index in [2.05, 4.69) is 18.0 Å². The molecule has 0 aliphatic carbocycles. The minimum Gasteiger partial charge on any atom is -1.00 e. The summed E-state index contributed by atoms with van der Waals surface area (Å²) in [4.78, 5) is 49.5. The van der Waals surface area contributed by atoms with Crippen LogP contribution in [-0.2, 0) is 36.2 Å². The van der Waals surface area contributed by atoms with Gasteiger partial charge in [-0.2, -0.15) is 8.62 Å². The van der Waals surface area contributed by atoms with Crippen molar-refractivity contribution in [3.8, 4) is 0 Å². The van der Waals surface area contributed by atoms with Crippen LogP contribution in [0.15, 0.2) is 0 Å². The molecule has 0 aromatic heterocycles. The van der Waals surface area contributed by atoms with Crippen molar-refractivity contribution in [1.82, 2.24) is 0 Å². The van der Waals surface area contributed by atoms with Crippen molar-refractivity contribution >= 4 is 31.3 Å². The van der Waals surface area contributed by atoms with Gasteiger partial charge in [0.2, 0.25) is 0 Å². The number of rotatable bonds is 7. The average molecular weight is 546 g/mol. The van der Waals surface area contributed by atoms with Gasteiger partial charge < -0.3 is 40.8 Å². The van der Waals surface area contributed by atoms with Gasteiger partial charge in [0.25, 0.3) is 0 Å². The zero-order valence-corrected chi connectivity index (χ0v) is 35.3. The molecule has 0 spiro atoms. The van der Waals surface area contributed by atoms with Crippen molar-refractivity contribution in [2.24, 2.45) is 0 Å². The SMILES string of the molecule is O=P(O)(O)OP(=O)(O)OOP(=O)(O)OP(=O)(O)O.[H-].[H-].[H-].[H-].[H-].[H-].[H-].[H-].[Na+].[Na+].[Na+].[Na+].[Na+].[Na+].[Na+].[Na+]. The summed E-state index contributed by atoms with van der Waals surface area (Å²) in [6.45, 7) is 0. The van der Waals surface area contributed by atoms with Gasteiger partial charge in [0.15, 0.2) is 0 Å². The average Bonchev–Trinajstić information content (AvgIpc) is 1.91. The maximum atomic E-state index is 10.7. The molecule has 26 heavy (non-hydrogen) atoms. The van der Waals surface area contributed by atoms with Crippen molar-refractivity contribution in [3.63, 3.8) is 0 Å². The summed E-state index contributed by atoms with van der Waals surface area (Å²) >= 11 is 0. The third kappa shape index (κ3) is 42.7. The van der Waals surface area contributed by atoms with E-state index in [1.165, 1.54) is 0 Å². The van der Waals surface area contributed by atoms with E-state index in [1.54, 1.807) is 0 Å². The summed E-state index contributed by atoms with van der Waals surface area (Å²) in [7, 11) is -22.2. The molecule has 0 aromatic carbocycles. The van der Waals surface area contributed by atoms with Gasteiger partial charge in [-0.05, 0) is 0 Å². The molecule has 26 heteroatoms. The molecule has 0 aliphatic heterocycles. The van der Waals surface area contributed by atoms with Crippen LogP contribution in [0.3, 0.4) is 0 Å². The van der Waals surface area contributed by atoms with Crippen LogP contribution in [0.25, 0.3) is 0 Å². The third-order valence-corrected chi connectivity index (χ3v) is 4.64. The Hall–Kier alpha value is 8.52. The number of hydrogen-bond acceptors (Lipinski definition) is 8. The number of hydrogen-bond donors (Lipinski definition) is 6. The molecule has 2 atom stereocenters. The Bertz CT molecular complexity index is 464. The minimum atomic E-state index is -5.63. The monoisotopic (exact) mass is 546 g/mol. The van der Waals surface area contributed by atoms with E-state index in [-0.39, 0.29) is 248 Å². The van der Waals surface area contributed by atoms with Gasteiger partial charge >= 0.3 is 268 Å². The van der Waals surface area contributed by atoms with Crippen LogP contribution in [-0.4, -0.2) is 29.4 Å². The standard InChI is InChI=1S/8Na.H6O14P4.8H/c;;;;;;;;1-15(2,3)13-17(7,8)11-12-18(9,10)14-16(4,5)6;;;;;;;;/h;;;;;;;;(H,7,8)(H,9,10)(H2,1,2,3)(H2,4,5,6);;;;;;;;/q8*+1;;8*-1. The Kier molecular flexibility index (Phi) is 60.9. The first-order chi connectivity index (χ1) is 7.62. The normalized spacial score (nSPS) is 13.9. The maximum Gasteiger partial charge on any atom is 1.00 e. The fourth-order valence-electron chi connectivity index (χ4n) is 0.380. The molecule has 126 valence electrons. The van der Waals surface area contributed by atoms with Crippen LogP contribution in [0.1, 0.15) is 11.4 Å². The molecule has 0 amide bonds. The zero-order chi connectivity index (χ0) is 14.8. The second-order valence-electron chi connectivity index (χ2n) is 2.23. The fraction of sp³-hybridized carbons (Fsp3) is 0. The Morgan fingerprint density at radius 3 is 0.731 bits per heavy atom. The molecule has 2 unspecified atom stereocenters. The largest absolute Gasteiger partial charge is 1.00 e. The Labute approximate surface area is 337 Å². The van der Waals surface area contributed by atoms with E-state index in [0.29, 0.717) is 0 Å². The first-order valence-corrected chi connectivity index (χ1v) is 9.24.